The van der Waals surface area contributed by atoms with Gasteiger partial charge in [-0.05, 0) is 67.8 Å². The Balaban J connectivity index is 1.48. The first kappa shape index (κ1) is 23.2. The molecule has 0 radical (unpaired) electrons. The van der Waals surface area contributed by atoms with Gasteiger partial charge in [0, 0.05) is 21.2 Å². The molecule has 0 saturated heterocycles. The van der Waals surface area contributed by atoms with Crippen LogP contribution in [0.2, 0.25) is 15.1 Å². The van der Waals surface area contributed by atoms with Gasteiger partial charge in [-0.15, -0.1) is 10.2 Å². The maximum atomic E-state index is 13.5. The van der Waals surface area contributed by atoms with Crippen molar-refractivity contribution < 1.29 is 8.81 Å². The van der Waals surface area contributed by atoms with Crippen LogP contribution in [0.3, 0.4) is 0 Å². The fraction of sp³-hybridized carbons (Fsp3) is 0.148. The van der Waals surface area contributed by atoms with E-state index in [0.29, 0.717) is 38.2 Å². The van der Waals surface area contributed by atoms with E-state index in [9.17, 15) is 4.39 Å². The molecule has 6 rings (SSSR count). The van der Waals surface area contributed by atoms with Gasteiger partial charge >= 0.3 is 0 Å². The number of aromatic nitrogens is 4. The van der Waals surface area contributed by atoms with Gasteiger partial charge in [0.05, 0.1) is 21.8 Å². The average molecular weight is 540 g/mol. The summed E-state index contributed by atoms with van der Waals surface area (Å²) in [6.45, 7) is 1.95. The lowest BCUT2D eigenvalue weighted by Gasteiger charge is -2.11. The molecule has 2 aromatic heterocycles. The summed E-state index contributed by atoms with van der Waals surface area (Å²) in [6, 6.07) is 19.2. The largest absolute Gasteiger partial charge is 0.418 e. The van der Waals surface area contributed by atoms with E-state index in [-0.39, 0.29) is 5.82 Å². The molecule has 0 unspecified atom stereocenters. The van der Waals surface area contributed by atoms with Crippen LogP contribution in [-0.2, 0) is 5.41 Å². The second kappa shape index (κ2) is 8.73. The summed E-state index contributed by atoms with van der Waals surface area (Å²) < 4.78 is 21.4. The van der Waals surface area contributed by atoms with Gasteiger partial charge in [0.15, 0.2) is 5.69 Å². The smallest absolute Gasteiger partial charge is 0.268 e. The van der Waals surface area contributed by atoms with Gasteiger partial charge < -0.3 is 4.42 Å². The maximum absolute atomic E-state index is 13.5. The number of hydrogen-bond acceptors (Lipinski definition) is 4. The Morgan fingerprint density at radius 1 is 0.889 bits per heavy atom. The molecule has 5 aromatic rings. The van der Waals surface area contributed by atoms with E-state index < -0.39 is 5.41 Å². The van der Waals surface area contributed by atoms with Crippen LogP contribution in [0.25, 0.3) is 28.5 Å². The minimum Gasteiger partial charge on any atom is -0.418 e. The highest BCUT2D eigenvalue weighted by atomic mass is 35.5. The highest BCUT2D eigenvalue weighted by Crippen LogP contribution is 2.53. The zero-order valence-corrected chi connectivity index (χ0v) is 21.2. The number of rotatable bonds is 5. The van der Waals surface area contributed by atoms with Crippen LogP contribution in [-0.4, -0.2) is 20.0 Å². The summed E-state index contributed by atoms with van der Waals surface area (Å²) in [6.07, 6.45) is 1.70. The van der Waals surface area contributed by atoms with Gasteiger partial charge in [0.2, 0.25) is 5.89 Å². The molecule has 3 aromatic carbocycles. The highest BCUT2D eigenvalue weighted by molar-refractivity contribution is 6.35. The SMILES string of the molecule is Cc1c(-c2nnc(C3(c4ccc(F)cc4)CC3)o2)nn(-c2ccc(Cl)cc2Cl)c1-c1ccc(Cl)cc1. The van der Waals surface area contributed by atoms with Crippen molar-refractivity contribution in [3.05, 3.63) is 105 Å². The van der Waals surface area contributed by atoms with E-state index in [2.05, 4.69) is 10.2 Å². The van der Waals surface area contributed by atoms with Crippen LogP contribution < -0.4 is 0 Å². The van der Waals surface area contributed by atoms with Gasteiger partial charge in [-0.3, -0.25) is 0 Å². The molecule has 0 N–H and O–H groups in total. The van der Waals surface area contributed by atoms with Gasteiger partial charge in [-0.1, -0.05) is 59.1 Å². The van der Waals surface area contributed by atoms with Crippen LogP contribution in [0.15, 0.2) is 71.1 Å². The van der Waals surface area contributed by atoms with Gasteiger partial charge in [-0.25, -0.2) is 9.07 Å². The lowest BCUT2D eigenvalue weighted by molar-refractivity contribution is 0.470. The number of nitrogens with zero attached hydrogens (tertiary/aromatic N) is 4. The number of halogens is 4. The third kappa shape index (κ3) is 3.90. The topological polar surface area (TPSA) is 56.7 Å². The quantitative estimate of drug-likeness (QED) is 0.226. The van der Waals surface area contributed by atoms with Gasteiger partial charge in [-0.2, -0.15) is 5.10 Å². The second-order valence-electron chi connectivity index (χ2n) is 8.84. The molecule has 180 valence electrons. The third-order valence-corrected chi connectivity index (χ3v) is 7.35. The monoisotopic (exact) mass is 538 g/mol. The first-order chi connectivity index (χ1) is 17.4. The van der Waals surface area contributed by atoms with Crippen molar-refractivity contribution in [2.24, 2.45) is 0 Å². The van der Waals surface area contributed by atoms with Crippen molar-refractivity contribution in [2.75, 3.05) is 0 Å². The second-order valence-corrected chi connectivity index (χ2v) is 10.1. The van der Waals surface area contributed by atoms with Crippen molar-refractivity contribution in [2.45, 2.75) is 25.2 Å². The van der Waals surface area contributed by atoms with E-state index in [1.54, 1.807) is 28.9 Å². The lowest BCUT2D eigenvalue weighted by atomic mass is 9.96. The minimum absolute atomic E-state index is 0.280. The predicted molar refractivity (Wildman–Crippen MR) is 138 cm³/mol. The molecule has 36 heavy (non-hydrogen) atoms. The molecule has 0 amide bonds. The van der Waals surface area contributed by atoms with Crippen LogP contribution >= 0.6 is 34.8 Å². The highest BCUT2D eigenvalue weighted by Gasteiger charge is 2.51. The zero-order chi connectivity index (χ0) is 25.0. The normalized spacial score (nSPS) is 14.2. The molecule has 1 aliphatic rings. The van der Waals surface area contributed by atoms with E-state index in [1.165, 1.54) is 12.1 Å². The Morgan fingerprint density at radius 3 is 2.25 bits per heavy atom. The molecule has 0 spiro atoms. The molecule has 2 heterocycles. The Morgan fingerprint density at radius 2 is 1.58 bits per heavy atom. The summed E-state index contributed by atoms with van der Waals surface area (Å²) in [7, 11) is 0. The molecule has 0 atom stereocenters. The summed E-state index contributed by atoms with van der Waals surface area (Å²) in [5, 5.41) is 15.2. The van der Waals surface area contributed by atoms with E-state index >= 15 is 0 Å². The molecular weight excluding hydrogens is 522 g/mol. The van der Waals surface area contributed by atoms with Crippen LogP contribution in [0.4, 0.5) is 4.39 Å². The van der Waals surface area contributed by atoms with E-state index in [0.717, 1.165) is 35.2 Å². The van der Waals surface area contributed by atoms with Crippen LogP contribution in [0.1, 0.15) is 29.9 Å². The van der Waals surface area contributed by atoms with Gasteiger partial charge in [0.25, 0.3) is 5.89 Å². The summed E-state index contributed by atoms with van der Waals surface area (Å²) in [4.78, 5) is 0. The Kier molecular flexibility index (Phi) is 5.63. The predicted octanol–water partition coefficient (Wildman–Crippen LogP) is 8.08. The lowest BCUT2D eigenvalue weighted by Crippen LogP contribution is -2.09. The van der Waals surface area contributed by atoms with Crippen molar-refractivity contribution in [3.63, 3.8) is 0 Å². The Bertz CT molecular complexity index is 1590. The Hall–Kier alpha value is -3.19. The van der Waals surface area contributed by atoms with E-state index in [1.807, 2.05) is 37.3 Å². The third-order valence-electron chi connectivity index (χ3n) is 6.56. The first-order valence-corrected chi connectivity index (χ1v) is 12.4. The molecule has 0 bridgehead atoms. The average Bonchev–Trinajstić information content (AvgIpc) is 3.39. The fourth-order valence-electron chi connectivity index (χ4n) is 4.51. The molecule has 1 saturated carbocycles. The van der Waals surface area contributed by atoms with Crippen LogP contribution in [0.5, 0.6) is 0 Å². The van der Waals surface area contributed by atoms with Crippen molar-refractivity contribution in [1.82, 2.24) is 20.0 Å². The Labute approximate surface area is 221 Å². The van der Waals surface area contributed by atoms with Gasteiger partial charge in [0.1, 0.15) is 5.82 Å². The molecule has 0 aliphatic heterocycles. The summed E-state index contributed by atoms with van der Waals surface area (Å²) in [5.41, 5.74) is 4.30. The number of benzene rings is 3. The van der Waals surface area contributed by atoms with Crippen molar-refractivity contribution in [3.8, 4) is 28.5 Å². The zero-order valence-electron chi connectivity index (χ0n) is 19.0. The summed E-state index contributed by atoms with van der Waals surface area (Å²) >= 11 is 18.8. The van der Waals surface area contributed by atoms with Crippen LogP contribution in [0, 0.1) is 12.7 Å². The maximum Gasteiger partial charge on any atom is 0.268 e. The molecule has 1 fully saturated rings. The standard InChI is InChI=1S/C27H18Cl3FN4O/c1-15-23(25-32-33-26(36-25)27(12-13-27)17-4-9-20(31)10-5-17)34-35(22-11-8-19(29)14-21(22)30)24(15)16-2-6-18(28)7-3-16/h2-11,14H,12-13H2,1H3. The number of hydrogen-bond donors (Lipinski definition) is 0. The molecule has 9 heteroatoms. The molecule has 5 nitrogen and oxygen atoms in total. The molecule has 1 aliphatic carbocycles. The molecular formula is C27H18Cl3FN4O. The summed E-state index contributed by atoms with van der Waals surface area (Å²) in [5.74, 6) is 0.517. The van der Waals surface area contributed by atoms with Crippen molar-refractivity contribution in [1.29, 1.82) is 0 Å². The van der Waals surface area contributed by atoms with E-state index in [4.69, 9.17) is 44.3 Å². The first-order valence-electron chi connectivity index (χ1n) is 11.3. The fourth-order valence-corrected chi connectivity index (χ4v) is 5.12. The minimum atomic E-state index is -0.395. The van der Waals surface area contributed by atoms with Crippen molar-refractivity contribution >= 4 is 34.8 Å².